The third-order valence-electron chi connectivity index (χ3n) is 3.92. The largest absolute Gasteiger partial charge is 0.466 e. The molecule has 1 unspecified atom stereocenters. The second kappa shape index (κ2) is 6.22. The normalized spacial score (nSPS) is 29.9. The molecule has 4 heteroatoms. The van der Waals surface area contributed by atoms with Crippen LogP contribution in [0.2, 0.25) is 0 Å². The molecule has 19 heavy (non-hydrogen) atoms. The minimum Gasteiger partial charge on any atom is -0.466 e. The van der Waals surface area contributed by atoms with Crippen LogP contribution in [0.3, 0.4) is 0 Å². The molecule has 3 atom stereocenters. The number of hydrogen-bond acceptors (Lipinski definition) is 4. The van der Waals surface area contributed by atoms with E-state index in [1.165, 1.54) is 6.92 Å². The lowest BCUT2D eigenvalue weighted by Crippen LogP contribution is -2.38. The van der Waals surface area contributed by atoms with Crippen LogP contribution >= 0.6 is 0 Å². The lowest BCUT2D eigenvalue weighted by Gasteiger charge is -2.33. The maximum absolute atomic E-state index is 11.7. The summed E-state index contributed by atoms with van der Waals surface area (Å²) in [6, 6.07) is 0. The highest BCUT2D eigenvalue weighted by Gasteiger charge is 2.48. The van der Waals surface area contributed by atoms with E-state index in [0.29, 0.717) is 6.61 Å². The number of esters is 2. The Morgan fingerprint density at radius 2 is 2.00 bits per heavy atom. The highest BCUT2D eigenvalue weighted by atomic mass is 16.6. The van der Waals surface area contributed by atoms with E-state index in [0.717, 1.165) is 18.4 Å². The van der Waals surface area contributed by atoms with Gasteiger partial charge in [0.2, 0.25) is 0 Å². The molecule has 0 amide bonds. The molecule has 1 saturated carbocycles. The first-order valence-electron chi connectivity index (χ1n) is 6.80. The van der Waals surface area contributed by atoms with Crippen LogP contribution < -0.4 is 0 Å². The van der Waals surface area contributed by atoms with Crippen molar-refractivity contribution in [3.63, 3.8) is 0 Å². The molecule has 1 rings (SSSR count). The first kappa shape index (κ1) is 15.7. The smallest absolute Gasteiger partial charge is 0.306 e. The van der Waals surface area contributed by atoms with Crippen LogP contribution in [-0.2, 0) is 19.1 Å². The number of rotatable bonds is 5. The molecule has 0 N–H and O–H groups in total. The van der Waals surface area contributed by atoms with Crippen molar-refractivity contribution >= 4 is 11.9 Å². The van der Waals surface area contributed by atoms with Gasteiger partial charge in [-0.15, -0.1) is 0 Å². The maximum Gasteiger partial charge on any atom is 0.306 e. The second-order valence-electron chi connectivity index (χ2n) is 5.51. The van der Waals surface area contributed by atoms with Crippen LogP contribution in [0.15, 0.2) is 12.2 Å². The molecule has 108 valence electrons. The number of carbonyl (C=O) groups excluding carboxylic acids is 2. The highest BCUT2D eigenvalue weighted by molar-refractivity contribution is 5.70. The van der Waals surface area contributed by atoms with Gasteiger partial charge in [-0.2, -0.15) is 0 Å². The van der Waals surface area contributed by atoms with Crippen molar-refractivity contribution in [2.24, 2.45) is 11.8 Å². The fraction of sp³-hybridized carbons (Fsp3) is 0.733. The average molecular weight is 268 g/mol. The van der Waals surface area contributed by atoms with E-state index in [2.05, 4.69) is 6.58 Å². The summed E-state index contributed by atoms with van der Waals surface area (Å²) >= 11 is 0. The van der Waals surface area contributed by atoms with Gasteiger partial charge in [0.05, 0.1) is 13.0 Å². The number of carbonyl (C=O) groups is 2. The molecule has 0 aromatic rings. The Kier molecular flexibility index (Phi) is 5.15. The number of ether oxygens (including phenoxy) is 2. The molecule has 0 radical (unpaired) electrons. The van der Waals surface area contributed by atoms with Crippen molar-refractivity contribution in [2.45, 2.75) is 52.6 Å². The first-order valence-corrected chi connectivity index (χ1v) is 6.80. The fourth-order valence-electron chi connectivity index (χ4n) is 3.06. The predicted molar refractivity (Wildman–Crippen MR) is 72.4 cm³/mol. The van der Waals surface area contributed by atoms with Crippen LogP contribution in [0, 0.1) is 11.8 Å². The monoisotopic (exact) mass is 268 g/mol. The van der Waals surface area contributed by atoms with Crippen LogP contribution in [-0.4, -0.2) is 24.1 Å². The SMILES string of the molecule is C=C(C)C1CC[C@@](C)(OC(C)=O)[C@H]1CC(=O)OCC. The quantitative estimate of drug-likeness (QED) is 0.568. The highest BCUT2D eigenvalue weighted by Crippen LogP contribution is 2.47. The summed E-state index contributed by atoms with van der Waals surface area (Å²) in [6.07, 6.45) is 1.92. The molecule has 1 aliphatic carbocycles. The van der Waals surface area contributed by atoms with Gasteiger partial charge in [-0.25, -0.2) is 0 Å². The maximum atomic E-state index is 11.7. The molecular weight excluding hydrogens is 244 g/mol. The fourth-order valence-corrected chi connectivity index (χ4v) is 3.06. The average Bonchev–Trinajstić information content (AvgIpc) is 2.55. The van der Waals surface area contributed by atoms with Crippen molar-refractivity contribution in [1.29, 1.82) is 0 Å². The van der Waals surface area contributed by atoms with Gasteiger partial charge in [-0.3, -0.25) is 9.59 Å². The molecule has 0 bridgehead atoms. The number of hydrogen-bond donors (Lipinski definition) is 0. The van der Waals surface area contributed by atoms with Gasteiger partial charge in [0.15, 0.2) is 0 Å². The van der Waals surface area contributed by atoms with Crippen molar-refractivity contribution in [3.8, 4) is 0 Å². The molecular formula is C15H24O4. The van der Waals surface area contributed by atoms with E-state index in [4.69, 9.17) is 9.47 Å². The predicted octanol–water partition coefficient (Wildman–Crippen LogP) is 2.86. The summed E-state index contributed by atoms with van der Waals surface area (Å²) in [5.74, 6) is -0.389. The van der Waals surface area contributed by atoms with Gasteiger partial charge >= 0.3 is 11.9 Å². The molecule has 1 fully saturated rings. The molecule has 0 aromatic heterocycles. The molecule has 0 spiro atoms. The Bertz CT molecular complexity index is 374. The van der Waals surface area contributed by atoms with Crippen molar-refractivity contribution < 1.29 is 19.1 Å². The van der Waals surface area contributed by atoms with Crippen LogP contribution in [0.5, 0.6) is 0 Å². The Labute approximate surface area is 115 Å². The van der Waals surface area contributed by atoms with Crippen molar-refractivity contribution in [3.05, 3.63) is 12.2 Å². The van der Waals surface area contributed by atoms with E-state index < -0.39 is 5.60 Å². The summed E-state index contributed by atoms with van der Waals surface area (Å²) in [7, 11) is 0. The zero-order valence-corrected chi connectivity index (χ0v) is 12.3. The zero-order chi connectivity index (χ0) is 14.6. The first-order chi connectivity index (χ1) is 8.80. The summed E-state index contributed by atoms with van der Waals surface area (Å²) in [6.45, 7) is 11.4. The van der Waals surface area contributed by atoms with Crippen LogP contribution in [0.25, 0.3) is 0 Å². The Hall–Kier alpha value is -1.32. The summed E-state index contributed by atoms with van der Waals surface area (Å²) in [5, 5.41) is 0. The minimum absolute atomic E-state index is 0.0482. The molecule has 4 nitrogen and oxygen atoms in total. The van der Waals surface area contributed by atoms with Crippen LogP contribution in [0.1, 0.15) is 47.0 Å². The summed E-state index contributed by atoms with van der Waals surface area (Å²) in [4.78, 5) is 23.0. The minimum atomic E-state index is -0.595. The van der Waals surface area contributed by atoms with Gasteiger partial charge in [-0.1, -0.05) is 12.2 Å². The lowest BCUT2D eigenvalue weighted by molar-refractivity contribution is -0.163. The Morgan fingerprint density at radius 1 is 1.37 bits per heavy atom. The molecule has 0 heterocycles. The standard InChI is InChI=1S/C15H24O4/c1-6-18-14(17)9-13-12(10(2)3)7-8-15(13,5)19-11(4)16/h12-13H,2,6-9H2,1,3-5H3/t12?,13-,15+/m0/s1. The second-order valence-corrected chi connectivity index (χ2v) is 5.51. The van der Waals surface area contributed by atoms with Crippen molar-refractivity contribution in [2.75, 3.05) is 6.61 Å². The topological polar surface area (TPSA) is 52.6 Å². The third-order valence-corrected chi connectivity index (χ3v) is 3.92. The van der Waals surface area contributed by atoms with E-state index in [1.54, 1.807) is 6.92 Å². The third kappa shape index (κ3) is 3.82. The van der Waals surface area contributed by atoms with Gasteiger partial charge in [-0.05, 0) is 39.5 Å². The molecule has 0 saturated heterocycles. The van der Waals surface area contributed by atoms with Gasteiger partial charge in [0, 0.05) is 12.8 Å². The van der Waals surface area contributed by atoms with E-state index in [9.17, 15) is 9.59 Å². The summed E-state index contributed by atoms with van der Waals surface area (Å²) < 4.78 is 10.5. The Balaban J connectivity index is 2.89. The lowest BCUT2D eigenvalue weighted by atomic mass is 9.81. The van der Waals surface area contributed by atoms with E-state index >= 15 is 0 Å². The van der Waals surface area contributed by atoms with E-state index in [1.807, 2.05) is 13.8 Å². The molecule has 0 aliphatic heterocycles. The van der Waals surface area contributed by atoms with Gasteiger partial charge < -0.3 is 9.47 Å². The summed E-state index contributed by atoms with van der Waals surface area (Å²) in [5.41, 5.74) is 0.438. The van der Waals surface area contributed by atoms with E-state index in [-0.39, 0.29) is 30.2 Å². The molecule has 0 aromatic carbocycles. The van der Waals surface area contributed by atoms with Gasteiger partial charge in [0.1, 0.15) is 5.60 Å². The Morgan fingerprint density at radius 3 is 2.47 bits per heavy atom. The zero-order valence-electron chi connectivity index (χ0n) is 12.3. The molecule has 1 aliphatic rings. The van der Waals surface area contributed by atoms with Gasteiger partial charge in [0.25, 0.3) is 0 Å². The van der Waals surface area contributed by atoms with Crippen molar-refractivity contribution in [1.82, 2.24) is 0 Å². The van der Waals surface area contributed by atoms with Crippen LogP contribution in [0.4, 0.5) is 0 Å². The number of allylic oxidation sites excluding steroid dienone is 1.